The van der Waals surface area contributed by atoms with Gasteiger partial charge in [-0.1, -0.05) is 0 Å². The number of pyridine rings is 1. The summed E-state index contributed by atoms with van der Waals surface area (Å²) in [4.78, 5) is 4.22. The Bertz CT molecular complexity index is 369. The average molecular weight is 240 g/mol. The molecule has 0 saturated carbocycles. The number of aryl methyl sites for hydroxylation is 1. The van der Waals surface area contributed by atoms with Crippen LogP contribution in [0.3, 0.4) is 0 Å². The van der Waals surface area contributed by atoms with Crippen LogP contribution in [0.1, 0.15) is 29.3 Å². The highest BCUT2D eigenvalue weighted by Crippen LogP contribution is 2.32. The first-order valence-corrected chi connectivity index (χ1v) is 5.55. The van der Waals surface area contributed by atoms with Crippen LogP contribution in [0.2, 0.25) is 0 Å². The molecule has 0 radical (unpaired) electrons. The van der Waals surface area contributed by atoms with Crippen molar-refractivity contribution in [3.05, 3.63) is 23.0 Å². The van der Waals surface area contributed by atoms with Crippen molar-refractivity contribution in [1.82, 2.24) is 4.98 Å². The molecule has 0 saturated heterocycles. The molecule has 0 aliphatic rings. The minimum Gasteiger partial charge on any atom is -0.494 e. The van der Waals surface area contributed by atoms with Crippen molar-refractivity contribution in [1.29, 1.82) is 0 Å². The zero-order valence-electron chi connectivity index (χ0n) is 10.6. The molecule has 5 heteroatoms. The Morgan fingerprint density at radius 3 is 2.71 bits per heavy atom. The number of aliphatic hydroxyl groups is 1. The summed E-state index contributed by atoms with van der Waals surface area (Å²) in [5, 5.41) is 10.1. The van der Waals surface area contributed by atoms with E-state index in [0.29, 0.717) is 25.3 Å². The average Bonchev–Trinajstić information content (AvgIpc) is 2.31. The van der Waals surface area contributed by atoms with E-state index >= 15 is 0 Å². The molecule has 1 atom stereocenters. The minimum absolute atomic E-state index is 0.389. The lowest BCUT2D eigenvalue weighted by molar-refractivity contribution is 0.152. The van der Waals surface area contributed by atoms with Gasteiger partial charge in [0.2, 0.25) is 0 Å². The van der Waals surface area contributed by atoms with E-state index in [4.69, 9.17) is 15.2 Å². The molecule has 1 rings (SSSR count). The van der Waals surface area contributed by atoms with Gasteiger partial charge >= 0.3 is 0 Å². The summed E-state index contributed by atoms with van der Waals surface area (Å²) in [6, 6.07) is 0. The Hall–Kier alpha value is -1.17. The zero-order valence-corrected chi connectivity index (χ0v) is 10.6. The maximum atomic E-state index is 10.1. The van der Waals surface area contributed by atoms with Crippen molar-refractivity contribution >= 4 is 0 Å². The molecule has 0 bridgehead atoms. The maximum absolute atomic E-state index is 10.1. The molecule has 0 aliphatic carbocycles. The maximum Gasteiger partial charge on any atom is 0.146 e. The van der Waals surface area contributed by atoms with Gasteiger partial charge < -0.3 is 20.3 Å². The second kappa shape index (κ2) is 6.54. The van der Waals surface area contributed by atoms with E-state index in [0.717, 1.165) is 16.8 Å². The van der Waals surface area contributed by atoms with Crippen LogP contribution in [0.5, 0.6) is 5.75 Å². The molecule has 17 heavy (non-hydrogen) atoms. The van der Waals surface area contributed by atoms with Gasteiger partial charge in [0.1, 0.15) is 5.75 Å². The first-order chi connectivity index (χ1) is 8.15. The first-order valence-electron chi connectivity index (χ1n) is 5.55. The van der Waals surface area contributed by atoms with Crippen molar-refractivity contribution in [2.24, 2.45) is 5.73 Å². The normalized spacial score (nSPS) is 12.5. The number of nitrogens with zero attached hydrogens (tertiary/aromatic N) is 1. The molecule has 5 nitrogen and oxygen atoms in total. The van der Waals surface area contributed by atoms with Crippen molar-refractivity contribution in [3.63, 3.8) is 0 Å². The monoisotopic (exact) mass is 240 g/mol. The molecule has 0 unspecified atom stereocenters. The van der Waals surface area contributed by atoms with Crippen molar-refractivity contribution in [3.8, 4) is 5.75 Å². The van der Waals surface area contributed by atoms with Crippen molar-refractivity contribution in [2.75, 3.05) is 20.8 Å². The molecule has 0 aliphatic heterocycles. The van der Waals surface area contributed by atoms with E-state index in [2.05, 4.69) is 4.98 Å². The lowest BCUT2D eigenvalue weighted by atomic mass is 10.00. The van der Waals surface area contributed by atoms with Crippen molar-refractivity contribution < 1.29 is 14.6 Å². The Kier molecular flexibility index (Phi) is 5.34. The van der Waals surface area contributed by atoms with Gasteiger partial charge in [0, 0.05) is 24.4 Å². The van der Waals surface area contributed by atoms with E-state index in [-0.39, 0.29) is 0 Å². The van der Waals surface area contributed by atoms with Crippen LogP contribution < -0.4 is 10.5 Å². The highest BCUT2D eigenvalue weighted by Gasteiger charge is 2.19. The second-order valence-corrected chi connectivity index (χ2v) is 3.84. The third kappa shape index (κ3) is 3.15. The third-order valence-corrected chi connectivity index (χ3v) is 2.61. The van der Waals surface area contributed by atoms with Gasteiger partial charge in [0.15, 0.2) is 0 Å². The van der Waals surface area contributed by atoms with Crippen LogP contribution in [-0.2, 0) is 11.3 Å². The largest absolute Gasteiger partial charge is 0.494 e. The van der Waals surface area contributed by atoms with Gasteiger partial charge in [-0.25, -0.2) is 0 Å². The van der Waals surface area contributed by atoms with Crippen LogP contribution in [0.4, 0.5) is 0 Å². The number of ether oxygens (including phenoxy) is 2. The molecule has 1 heterocycles. The second-order valence-electron chi connectivity index (χ2n) is 3.84. The Balaban J connectivity index is 3.22. The predicted octanol–water partition coefficient (Wildman–Crippen LogP) is 0.927. The summed E-state index contributed by atoms with van der Waals surface area (Å²) in [6.45, 7) is 2.65. The fourth-order valence-corrected chi connectivity index (χ4v) is 1.84. The summed E-state index contributed by atoms with van der Waals surface area (Å²) >= 11 is 0. The minimum atomic E-state index is -0.651. The molecule has 96 valence electrons. The van der Waals surface area contributed by atoms with Crippen LogP contribution in [0, 0.1) is 6.92 Å². The smallest absolute Gasteiger partial charge is 0.146 e. The molecular formula is C12H20N2O3. The number of methoxy groups -OCH3 is 2. The molecule has 0 fully saturated rings. The van der Waals surface area contributed by atoms with Gasteiger partial charge in [0.05, 0.1) is 25.5 Å². The Morgan fingerprint density at radius 1 is 1.47 bits per heavy atom. The first kappa shape index (κ1) is 13.9. The number of hydrogen-bond donors (Lipinski definition) is 2. The summed E-state index contributed by atoms with van der Waals surface area (Å²) in [6.07, 6.45) is 1.54. The van der Waals surface area contributed by atoms with Gasteiger partial charge in [-0.3, -0.25) is 4.98 Å². The van der Waals surface area contributed by atoms with Crippen LogP contribution in [-0.4, -0.2) is 30.9 Å². The molecular weight excluding hydrogens is 220 g/mol. The predicted molar refractivity (Wildman–Crippen MR) is 64.9 cm³/mol. The molecule has 0 aromatic carbocycles. The number of rotatable bonds is 6. The highest BCUT2D eigenvalue weighted by atomic mass is 16.5. The molecule has 3 N–H and O–H groups in total. The van der Waals surface area contributed by atoms with Crippen LogP contribution in [0.25, 0.3) is 0 Å². The lowest BCUT2D eigenvalue weighted by Gasteiger charge is -2.19. The highest BCUT2D eigenvalue weighted by molar-refractivity contribution is 5.43. The van der Waals surface area contributed by atoms with Gasteiger partial charge in [0.25, 0.3) is 0 Å². The van der Waals surface area contributed by atoms with Crippen molar-refractivity contribution in [2.45, 2.75) is 26.1 Å². The molecule has 0 spiro atoms. The summed E-state index contributed by atoms with van der Waals surface area (Å²) in [5.74, 6) is 0.612. The fraction of sp³-hybridized carbons (Fsp3) is 0.583. The summed E-state index contributed by atoms with van der Waals surface area (Å²) < 4.78 is 10.4. The van der Waals surface area contributed by atoms with Gasteiger partial charge in [-0.05, 0) is 19.9 Å². The number of aliphatic hydroxyl groups excluding tert-OH is 1. The van der Waals surface area contributed by atoms with E-state index < -0.39 is 6.10 Å². The van der Waals surface area contributed by atoms with E-state index in [9.17, 15) is 5.11 Å². The van der Waals surface area contributed by atoms with Gasteiger partial charge in [-0.2, -0.15) is 0 Å². The lowest BCUT2D eigenvalue weighted by Crippen LogP contribution is -2.12. The SMILES string of the molecule is COCc1cnc(C)c(OC)c1[C@@H](O)CCN. The molecule has 1 aromatic rings. The number of aromatic nitrogens is 1. The molecule has 0 amide bonds. The number of nitrogens with two attached hydrogens (primary N) is 1. The van der Waals surface area contributed by atoms with E-state index in [1.807, 2.05) is 6.92 Å². The quantitative estimate of drug-likeness (QED) is 0.773. The van der Waals surface area contributed by atoms with Crippen LogP contribution in [0.15, 0.2) is 6.20 Å². The number of hydrogen-bond acceptors (Lipinski definition) is 5. The third-order valence-electron chi connectivity index (χ3n) is 2.61. The topological polar surface area (TPSA) is 77.6 Å². The van der Waals surface area contributed by atoms with Crippen LogP contribution >= 0.6 is 0 Å². The summed E-state index contributed by atoms with van der Waals surface area (Å²) in [5.41, 5.74) is 7.78. The van der Waals surface area contributed by atoms with E-state index in [1.54, 1.807) is 20.4 Å². The van der Waals surface area contributed by atoms with Gasteiger partial charge in [-0.15, -0.1) is 0 Å². The fourth-order valence-electron chi connectivity index (χ4n) is 1.84. The Labute approximate surface area is 102 Å². The Morgan fingerprint density at radius 2 is 2.18 bits per heavy atom. The summed E-state index contributed by atoms with van der Waals surface area (Å²) in [7, 11) is 3.17. The zero-order chi connectivity index (χ0) is 12.8. The van der Waals surface area contributed by atoms with E-state index in [1.165, 1.54) is 0 Å². The molecule has 1 aromatic heterocycles. The standard InChI is InChI=1S/C12H20N2O3/c1-8-12(17-3)11(10(15)4-5-13)9(6-14-8)7-16-2/h6,10,15H,4-5,7,13H2,1-3H3/t10-/m0/s1.